The first kappa shape index (κ1) is 8.34. The van der Waals surface area contributed by atoms with E-state index in [2.05, 4.69) is 0 Å². The molecule has 0 aliphatic heterocycles. The van der Waals surface area contributed by atoms with Crippen molar-refractivity contribution >= 4 is 40.2 Å². The minimum absolute atomic E-state index is 0.407. The molecule has 0 rings (SSSR count). The molecular formula is C4H4Cl2OS. The fourth-order valence-corrected chi connectivity index (χ4v) is 0.702. The molecule has 4 heteroatoms. The number of hydrogen-bond donors (Lipinski definition) is 0. The maximum atomic E-state index is 10.0. The second-order valence-electron chi connectivity index (χ2n) is 0.957. The van der Waals surface area contributed by atoms with Gasteiger partial charge in [0, 0.05) is 6.08 Å². The van der Waals surface area contributed by atoms with Crippen LogP contribution in [-0.4, -0.2) is 11.5 Å². The maximum Gasteiger partial charge on any atom is 0.247 e. The molecular weight excluding hydrogens is 167 g/mol. The molecule has 0 spiro atoms. The van der Waals surface area contributed by atoms with Crippen molar-refractivity contribution in [3.05, 3.63) is 10.4 Å². The van der Waals surface area contributed by atoms with E-state index < -0.39 is 5.24 Å². The fourth-order valence-electron chi connectivity index (χ4n) is 0.148. The van der Waals surface area contributed by atoms with Crippen LogP contribution in [0.15, 0.2) is 10.4 Å². The lowest BCUT2D eigenvalue weighted by Crippen LogP contribution is -1.74. The summed E-state index contributed by atoms with van der Waals surface area (Å²) in [6.07, 6.45) is 2.92. The SMILES string of the molecule is CS/C(Cl)=C\C(=O)Cl. The van der Waals surface area contributed by atoms with Crippen molar-refractivity contribution in [1.82, 2.24) is 0 Å². The average Bonchev–Trinajstić information content (AvgIpc) is 1.65. The molecule has 8 heavy (non-hydrogen) atoms. The summed E-state index contributed by atoms with van der Waals surface area (Å²) in [7, 11) is 0. The molecule has 0 heterocycles. The number of rotatable bonds is 2. The molecule has 0 atom stereocenters. The number of hydrogen-bond acceptors (Lipinski definition) is 2. The summed E-state index contributed by atoms with van der Waals surface area (Å²) in [6, 6.07) is 0. The van der Waals surface area contributed by atoms with Gasteiger partial charge in [0.05, 0.1) is 4.36 Å². The van der Waals surface area contributed by atoms with Gasteiger partial charge in [-0.1, -0.05) is 11.6 Å². The van der Waals surface area contributed by atoms with Crippen molar-refractivity contribution in [2.45, 2.75) is 0 Å². The van der Waals surface area contributed by atoms with E-state index in [1.165, 1.54) is 11.8 Å². The van der Waals surface area contributed by atoms with Crippen molar-refractivity contribution in [1.29, 1.82) is 0 Å². The van der Waals surface area contributed by atoms with Crippen molar-refractivity contribution < 1.29 is 4.79 Å². The van der Waals surface area contributed by atoms with E-state index in [9.17, 15) is 4.79 Å². The van der Waals surface area contributed by atoms with Crippen LogP contribution in [0.1, 0.15) is 0 Å². The van der Waals surface area contributed by atoms with Gasteiger partial charge in [0.2, 0.25) is 5.24 Å². The summed E-state index contributed by atoms with van der Waals surface area (Å²) in [5, 5.41) is -0.538. The van der Waals surface area contributed by atoms with Crippen molar-refractivity contribution in [2.75, 3.05) is 6.26 Å². The summed E-state index contributed by atoms with van der Waals surface area (Å²) in [5.41, 5.74) is 0. The number of halogens is 2. The Labute approximate surface area is 62.0 Å². The molecule has 0 bridgehead atoms. The minimum Gasteiger partial charge on any atom is -0.276 e. The van der Waals surface area contributed by atoms with Gasteiger partial charge in [0.15, 0.2) is 0 Å². The lowest BCUT2D eigenvalue weighted by molar-refractivity contribution is -0.107. The highest BCUT2D eigenvalue weighted by Gasteiger charge is 1.90. The van der Waals surface area contributed by atoms with E-state index in [1.807, 2.05) is 0 Å². The molecule has 0 aliphatic rings. The highest BCUT2D eigenvalue weighted by Crippen LogP contribution is 2.15. The molecule has 0 amide bonds. The molecule has 1 nitrogen and oxygen atoms in total. The molecule has 0 radical (unpaired) electrons. The first-order valence-corrected chi connectivity index (χ1v) is 3.75. The average molecular weight is 171 g/mol. The van der Waals surface area contributed by atoms with E-state index >= 15 is 0 Å². The Balaban J connectivity index is 3.75. The zero-order valence-electron chi connectivity index (χ0n) is 4.15. The smallest absolute Gasteiger partial charge is 0.247 e. The summed E-state index contributed by atoms with van der Waals surface area (Å²) >= 11 is 11.6. The second-order valence-corrected chi connectivity index (χ2v) is 2.81. The van der Waals surface area contributed by atoms with E-state index in [4.69, 9.17) is 23.2 Å². The largest absolute Gasteiger partial charge is 0.276 e. The van der Waals surface area contributed by atoms with Gasteiger partial charge in [-0.2, -0.15) is 0 Å². The van der Waals surface area contributed by atoms with Gasteiger partial charge in [-0.15, -0.1) is 11.8 Å². The van der Waals surface area contributed by atoms with Gasteiger partial charge < -0.3 is 0 Å². The molecule has 0 N–H and O–H groups in total. The van der Waals surface area contributed by atoms with Crippen LogP contribution >= 0.6 is 35.0 Å². The fraction of sp³-hybridized carbons (Fsp3) is 0.250. The highest BCUT2D eigenvalue weighted by atomic mass is 35.5. The number of carbonyl (C=O) groups is 1. The van der Waals surface area contributed by atoms with Crippen LogP contribution in [0.2, 0.25) is 0 Å². The van der Waals surface area contributed by atoms with Crippen molar-refractivity contribution in [3.8, 4) is 0 Å². The lowest BCUT2D eigenvalue weighted by atomic mass is 10.7. The molecule has 0 saturated carbocycles. The topological polar surface area (TPSA) is 17.1 Å². The Hall–Kier alpha value is 0.340. The van der Waals surface area contributed by atoms with Crippen LogP contribution in [-0.2, 0) is 4.79 Å². The minimum atomic E-state index is -0.538. The van der Waals surface area contributed by atoms with E-state index in [-0.39, 0.29) is 0 Å². The van der Waals surface area contributed by atoms with E-state index in [0.29, 0.717) is 4.36 Å². The number of thioether (sulfide) groups is 1. The molecule has 0 saturated heterocycles. The molecule has 0 aromatic carbocycles. The molecule has 0 aliphatic carbocycles. The molecule has 0 unspecified atom stereocenters. The summed E-state index contributed by atoms with van der Waals surface area (Å²) in [6.45, 7) is 0. The normalized spacial score (nSPS) is 11.6. The van der Waals surface area contributed by atoms with Crippen LogP contribution in [0, 0.1) is 0 Å². The number of carbonyl (C=O) groups excluding carboxylic acids is 1. The van der Waals surface area contributed by atoms with Gasteiger partial charge in [0.1, 0.15) is 0 Å². The Morgan fingerprint density at radius 1 is 1.62 bits per heavy atom. The standard InChI is InChI=1S/C4H4Cl2OS/c1-8-4(6)2-3(5)7/h2H,1H3/b4-2-. The number of allylic oxidation sites excluding steroid dienone is 1. The predicted molar refractivity (Wildman–Crippen MR) is 38.3 cm³/mol. The lowest BCUT2D eigenvalue weighted by Gasteiger charge is -1.83. The Bertz CT molecular complexity index is 121. The van der Waals surface area contributed by atoms with Gasteiger partial charge in [0.25, 0.3) is 0 Å². The highest BCUT2D eigenvalue weighted by molar-refractivity contribution is 8.03. The van der Waals surface area contributed by atoms with Gasteiger partial charge in [-0.05, 0) is 17.9 Å². The second kappa shape index (κ2) is 4.24. The summed E-state index contributed by atoms with van der Waals surface area (Å²) < 4.78 is 0.407. The first-order chi connectivity index (χ1) is 3.66. The van der Waals surface area contributed by atoms with E-state index in [0.717, 1.165) is 6.08 Å². The monoisotopic (exact) mass is 170 g/mol. The Morgan fingerprint density at radius 2 is 2.12 bits per heavy atom. The van der Waals surface area contributed by atoms with Gasteiger partial charge >= 0.3 is 0 Å². The van der Waals surface area contributed by atoms with Gasteiger partial charge in [-0.25, -0.2) is 0 Å². The molecule has 0 fully saturated rings. The Morgan fingerprint density at radius 3 is 2.25 bits per heavy atom. The third kappa shape index (κ3) is 4.50. The zero-order valence-corrected chi connectivity index (χ0v) is 6.48. The zero-order chi connectivity index (χ0) is 6.57. The third-order valence-electron chi connectivity index (χ3n) is 0.422. The third-order valence-corrected chi connectivity index (χ3v) is 1.61. The Kier molecular flexibility index (Phi) is 4.42. The van der Waals surface area contributed by atoms with Crippen molar-refractivity contribution in [3.63, 3.8) is 0 Å². The van der Waals surface area contributed by atoms with Crippen LogP contribution in [0.25, 0.3) is 0 Å². The quantitative estimate of drug-likeness (QED) is 0.468. The maximum absolute atomic E-state index is 10.0. The summed E-state index contributed by atoms with van der Waals surface area (Å²) in [4.78, 5) is 10.0. The van der Waals surface area contributed by atoms with E-state index in [1.54, 1.807) is 6.26 Å². The predicted octanol–water partition coefficient (Wildman–Crippen LogP) is 2.20. The molecule has 0 aromatic heterocycles. The van der Waals surface area contributed by atoms with Crippen molar-refractivity contribution in [2.24, 2.45) is 0 Å². The first-order valence-electron chi connectivity index (χ1n) is 1.77. The van der Waals surface area contributed by atoms with Gasteiger partial charge in [-0.3, -0.25) is 4.79 Å². The summed E-state index contributed by atoms with van der Waals surface area (Å²) in [5.74, 6) is 0. The van der Waals surface area contributed by atoms with Crippen LogP contribution in [0.5, 0.6) is 0 Å². The molecule has 0 aromatic rings. The van der Waals surface area contributed by atoms with Crippen LogP contribution in [0.4, 0.5) is 0 Å². The molecule has 46 valence electrons. The van der Waals surface area contributed by atoms with Crippen LogP contribution < -0.4 is 0 Å². The van der Waals surface area contributed by atoms with Crippen LogP contribution in [0.3, 0.4) is 0 Å².